The van der Waals surface area contributed by atoms with E-state index in [1.807, 2.05) is 18.2 Å². The summed E-state index contributed by atoms with van der Waals surface area (Å²) < 4.78 is 5.60. The Morgan fingerprint density at radius 3 is 3.14 bits per heavy atom. The van der Waals surface area contributed by atoms with Crippen LogP contribution < -0.4 is 5.32 Å². The number of aliphatic hydroxyl groups is 1. The minimum Gasteiger partial charge on any atom is -0.389 e. The molecule has 2 bridgehead atoms. The maximum atomic E-state index is 9.66. The van der Waals surface area contributed by atoms with Gasteiger partial charge in [0.25, 0.3) is 0 Å². The van der Waals surface area contributed by atoms with Crippen molar-refractivity contribution in [2.45, 2.75) is 24.7 Å². The van der Waals surface area contributed by atoms with Gasteiger partial charge in [-0.1, -0.05) is 18.2 Å². The monoisotopic (exact) mass is 191 g/mol. The molecule has 14 heavy (non-hydrogen) atoms. The Morgan fingerprint density at radius 1 is 1.36 bits per heavy atom. The first-order valence-corrected chi connectivity index (χ1v) is 5.00. The molecule has 3 nitrogen and oxygen atoms in total. The van der Waals surface area contributed by atoms with E-state index in [0.29, 0.717) is 6.61 Å². The average Bonchev–Trinajstić information content (AvgIpc) is 2.24. The highest BCUT2D eigenvalue weighted by Gasteiger charge is 2.35. The van der Waals surface area contributed by atoms with E-state index in [4.69, 9.17) is 4.74 Å². The van der Waals surface area contributed by atoms with Crippen molar-refractivity contribution in [2.24, 2.45) is 0 Å². The van der Waals surface area contributed by atoms with E-state index in [0.717, 1.165) is 12.1 Å². The van der Waals surface area contributed by atoms with Crippen molar-refractivity contribution >= 4 is 5.69 Å². The van der Waals surface area contributed by atoms with E-state index in [9.17, 15) is 5.11 Å². The smallest absolute Gasteiger partial charge is 0.0975 e. The van der Waals surface area contributed by atoms with Crippen LogP contribution in [0.4, 0.5) is 5.69 Å². The lowest BCUT2D eigenvalue weighted by Crippen LogP contribution is -2.45. The van der Waals surface area contributed by atoms with Crippen LogP contribution in [0.25, 0.3) is 0 Å². The Bertz CT molecular complexity index is 353. The van der Waals surface area contributed by atoms with Crippen LogP contribution >= 0.6 is 0 Å². The molecule has 3 rings (SSSR count). The third kappa shape index (κ3) is 1.13. The van der Waals surface area contributed by atoms with Crippen molar-refractivity contribution in [2.75, 3.05) is 11.9 Å². The molecule has 74 valence electrons. The number of rotatable bonds is 0. The number of aliphatic hydroxyl groups excluding tert-OH is 1. The predicted molar refractivity (Wildman–Crippen MR) is 53.2 cm³/mol. The molecule has 0 unspecified atom stereocenters. The molecule has 0 aliphatic carbocycles. The molecule has 3 heteroatoms. The van der Waals surface area contributed by atoms with Gasteiger partial charge in [-0.2, -0.15) is 0 Å². The fourth-order valence-electron chi connectivity index (χ4n) is 2.27. The highest BCUT2D eigenvalue weighted by molar-refractivity contribution is 5.55. The van der Waals surface area contributed by atoms with Gasteiger partial charge in [0.2, 0.25) is 0 Å². The van der Waals surface area contributed by atoms with Gasteiger partial charge in [0, 0.05) is 17.7 Å². The maximum absolute atomic E-state index is 9.66. The van der Waals surface area contributed by atoms with E-state index in [1.165, 1.54) is 5.56 Å². The fraction of sp³-hybridized carbons (Fsp3) is 0.455. The van der Waals surface area contributed by atoms with Gasteiger partial charge in [-0.15, -0.1) is 0 Å². The van der Waals surface area contributed by atoms with Crippen molar-refractivity contribution in [3.63, 3.8) is 0 Å². The average molecular weight is 191 g/mol. The molecule has 3 atom stereocenters. The number of anilines is 1. The molecule has 0 aromatic heterocycles. The summed E-state index contributed by atoms with van der Waals surface area (Å²) in [7, 11) is 0. The van der Waals surface area contributed by atoms with Gasteiger partial charge in [-0.25, -0.2) is 0 Å². The van der Waals surface area contributed by atoms with Gasteiger partial charge in [-0.05, 0) is 6.07 Å². The van der Waals surface area contributed by atoms with Crippen LogP contribution in [-0.2, 0) is 4.74 Å². The molecule has 0 saturated carbocycles. The first-order chi connectivity index (χ1) is 6.84. The van der Waals surface area contributed by atoms with E-state index in [2.05, 4.69) is 11.4 Å². The summed E-state index contributed by atoms with van der Waals surface area (Å²) in [4.78, 5) is 0. The number of para-hydroxylation sites is 1. The third-order valence-electron chi connectivity index (χ3n) is 3.05. The van der Waals surface area contributed by atoms with Gasteiger partial charge < -0.3 is 15.2 Å². The van der Waals surface area contributed by atoms with Gasteiger partial charge in [-0.3, -0.25) is 0 Å². The molecule has 1 saturated heterocycles. The van der Waals surface area contributed by atoms with Crippen molar-refractivity contribution in [3.8, 4) is 0 Å². The van der Waals surface area contributed by atoms with Crippen LogP contribution in [0.3, 0.4) is 0 Å². The minimum absolute atomic E-state index is 0.156. The molecule has 2 N–H and O–H groups in total. The molecule has 0 radical (unpaired) electrons. The Labute approximate surface area is 82.7 Å². The number of nitrogens with one attached hydrogen (secondary N) is 1. The lowest BCUT2D eigenvalue weighted by atomic mass is 9.90. The molecule has 2 aliphatic heterocycles. The zero-order valence-corrected chi connectivity index (χ0v) is 7.81. The molecule has 1 aromatic rings. The molecular formula is C11H13NO2. The first kappa shape index (κ1) is 8.26. The first-order valence-electron chi connectivity index (χ1n) is 5.00. The standard InChI is InChI=1S/C11H13NO2/c13-10-6-14-11-5-9(10)12-8-4-2-1-3-7(8)11/h1-4,9-13H,5-6H2/t9-,10+,11-/m0/s1. The van der Waals surface area contributed by atoms with Gasteiger partial charge in [0.1, 0.15) is 0 Å². The van der Waals surface area contributed by atoms with Crippen LogP contribution in [0.2, 0.25) is 0 Å². The number of benzene rings is 1. The summed E-state index contributed by atoms with van der Waals surface area (Å²) in [5.41, 5.74) is 2.32. The molecule has 1 fully saturated rings. The highest BCUT2D eigenvalue weighted by atomic mass is 16.5. The Morgan fingerprint density at radius 2 is 2.21 bits per heavy atom. The van der Waals surface area contributed by atoms with Crippen molar-refractivity contribution < 1.29 is 9.84 Å². The number of hydrogen-bond acceptors (Lipinski definition) is 3. The maximum Gasteiger partial charge on any atom is 0.0975 e. The second-order valence-electron chi connectivity index (χ2n) is 3.96. The highest BCUT2D eigenvalue weighted by Crippen LogP contribution is 2.38. The summed E-state index contributed by atoms with van der Waals surface area (Å²) >= 11 is 0. The van der Waals surface area contributed by atoms with Crippen LogP contribution in [-0.4, -0.2) is 23.9 Å². The van der Waals surface area contributed by atoms with Crippen molar-refractivity contribution in [3.05, 3.63) is 29.8 Å². The lowest BCUT2D eigenvalue weighted by Gasteiger charge is -2.40. The van der Waals surface area contributed by atoms with E-state index in [-0.39, 0.29) is 18.2 Å². The summed E-state index contributed by atoms with van der Waals surface area (Å²) in [6.07, 6.45) is 0.665. The minimum atomic E-state index is -0.375. The van der Waals surface area contributed by atoms with Crippen molar-refractivity contribution in [1.29, 1.82) is 0 Å². The van der Waals surface area contributed by atoms with Crippen LogP contribution in [0.5, 0.6) is 0 Å². The fourth-order valence-corrected chi connectivity index (χ4v) is 2.27. The Kier molecular flexibility index (Phi) is 1.75. The van der Waals surface area contributed by atoms with Gasteiger partial charge >= 0.3 is 0 Å². The topological polar surface area (TPSA) is 41.5 Å². The number of hydrogen-bond donors (Lipinski definition) is 2. The summed E-state index contributed by atoms with van der Waals surface area (Å²) in [6.45, 7) is 0.441. The molecule has 0 amide bonds. The molecule has 1 aromatic carbocycles. The summed E-state index contributed by atoms with van der Waals surface area (Å²) in [5.74, 6) is 0. The zero-order valence-electron chi connectivity index (χ0n) is 7.81. The van der Waals surface area contributed by atoms with Crippen molar-refractivity contribution in [1.82, 2.24) is 0 Å². The Hall–Kier alpha value is -1.06. The summed E-state index contributed by atoms with van der Waals surface area (Å²) in [5, 5.41) is 13.0. The third-order valence-corrected chi connectivity index (χ3v) is 3.05. The predicted octanol–water partition coefficient (Wildman–Crippen LogP) is 1.30. The lowest BCUT2D eigenvalue weighted by molar-refractivity contribution is -0.0672. The second-order valence-corrected chi connectivity index (χ2v) is 3.96. The molecule has 2 heterocycles. The Balaban J connectivity index is 2.02. The SMILES string of the molecule is O[C@@H]1CO[C@H]2C[C@@H]1Nc1ccccc12. The van der Waals surface area contributed by atoms with E-state index < -0.39 is 0 Å². The van der Waals surface area contributed by atoms with Crippen LogP contribution in [0.1, 0.15) is 18.1 Å². The quantitative estimate of drug-likeness (QED) is 0.649. The largest absolute Gasteiger partial charge is 0.389 e. The zero-order chi connectivity index (χ0) is 9.54. The summed E-state index contributed by atoms with van der Waals surface area (Å²) in [6, 6.07) is 8.30. The molecule has 2 aliphatic rings. The second kappa shape index (κ2) is 2.97. The van der Waals surface area contributed by atoms with Crippen LogP contribution in [0, 0.1) is 0 Å². The van der Waals surface area contributed by atoms with Gasteiger partial charge in [0.05, 0.1) is 24.9 Å². The normalized spacial score (nSPS) is 34.5. The molecule has 0 spiro atoms. The van der Waals surface area contributed by atoms with E-state index >= 15 is 0 Å². The van der Waals surface area contributed by atoms with Gasteiger partial charge in [0.15, 0.2) is 0 Å². The number of ether oxygens (including phenoxy) is 1. The molecular weight excluding hydrogens is 178 g/mol. The number of fused-ring (bicyclic) bond motifs is 4. The van der Waals surface area contributed by atoms with Crippen LogP contribution in [0.15, 0.2) is 24.3 Å². The van der Waals surface area contributed by atoms with E-state index in [1.54, 1.807) is 0 Å².